The standard InChI is InChI=1S/C20H10F5N3O2S2/c21-11-5-2-6-12(22)15(11)18(29)27-19-26-16(13-8-14(31)30-28-13)17(32-19)9-3-1-4-10(7-9)20(23,24)25/h1-8,31H,(H,26,27,29). The Morgan fingerprint density at radius 2 is 1.75 bits per heavy atom. The van der Waals surface area contributed by atoms with Crippen LogP contribution in [0, 0.1) is 11.6 Å². The lowest BCUT2D eigenvalue weighted by molar-refractivity contribution is -0.137. The summed E-state index contributed by atoms with van der Waals surface area (Å²) in [6, 6.07) is 8.81. The molecule has 5 nitrogen and oxygen atoms in total. The normalized spacial score (nSPS) is 11.6. The van der Waals surface area contributed by atoms with Gasteiger partial charge in [0.15, 0.2) is 10.2 Å². The first-order valence-corrected chi connectivity index (χ1v) is 9.99. The molecule has 164 valence electrons. The monoisotopic (exact) mass is 483 g/mol. The van der Waals surface area contributed by atoms with E-state index in [1.54, 1.807) is 0 Å². The summed E-state index contributed by atoms with van der Waals surface area (Å²) in [6.07, 6.45) is -4.58. The van der Waals surface area contributed by atoms with Crippen molar-refractivity contribution in [3.63, 3.8) is 0 Å². The SMILES string of the molecule is O=C(Nc1nc(-c2cc(S)on2)c(-c2cccc(C(F)(F)F)c2)s1)c1c(F)cccc1F. The summed E-state index contributed by atoms with van der Waals surface area (Å²) in [7, 11) is 0. The van der Waals surface area contributed by atoms with Gasteiger partial charge in [-0.3, -0.25) is 10.1 Å². The van der Waals surface area contributed by atoms with Crippen LogP contribution in [0.2, 0.25) is 0 Å². The number of nitrogens with zero attached hydrogens (tertiary/aromatic N) is 2. The molecule has 0 saturated carbocycles. The minimum atomic E-state index is -4.58. The van der Waals surface area contributed by atoms with Crippen LogP contribution in [0.3, 0.4) is 0 Å². The molecule has 2 aromatic heterocycles. The molecule has 0 saturated heterocycles. The van der Waals surface area contributed by atoms with E-state index < -0.39 is 34.8 Å². The number of rotatable bonds is 4. The van der Waals surface area contributed by atoms with Crippen molar-refractivity contribution in [2.45, 2.75) is 11.3 Å². The summed E-state index contributed by atoms with van der Waals surface area (Å²) in [4.78, 5) is 16.8. The zero-order chi connectivity index (χ0) is 23.0. The van der Waals surface area contributed by atoms with Gasteiger partial charge >= 0.3 is 6.18 Å². The second-order valence-corrected chi connectivity index (χ2v) is 7.82. The van der Waals surface area contributed by atoms with Gasteiger partial charge in [0.2, 0.25) is 0 Å². The fraction of sp³-hybridized carbons (Fsp3) is 0.0500. The maximum atomic E-state index is 13.9. The highest BCUT2D eigenvalue weighted by atomic mass is 32.1. The van der Waals surface area contributed by atoms with Crippen molar-refractivity contribution in [3.8, 4) is 21.8 Å². The first kappa shape index (κ1) is 22.0. The van der Waals surface area contributed by atoms with Gasteiger partial charge in [-0.1, -0.05) is 34.7 Å². The number of benzene rings is 2. The molecule has 2 heterocycles. The van der Waals surface area contributed by atoms with E-state index in [1.807, 2.05) is 0 Å². The number of amides is 1. The summed E-state index contributed by atoms with van der Waals surface area (Å²) in [5.41, 5.74) is -1.31. The van der Waals surface area contributed by atoms with Gasteiger partial charge in [-0.2, -0.15) is 13.2 Å². The number of nitrogens with one attached hydrogen (secondary N) is 1. The molecule has 0 radical (unpaired) electrons. The van der Waals surface area contributed by atoms with Crippen LogP contribution in [0.1, 0.15) is 15.9 Å². The number of aromatic nitrogens is 2. The third kappa shape index (κ3) is 4.36. The average Bonchev–Trinajstić information content (AvgIpc) is 3.33. The molecular formula is C20H10F5N3O2S2. The second-order valence-electron chi connectivity index (χ2n) is 6.38. The molecule has 4 rings (SSSR count). The number of carbonyl (C=O) groups excluding carboxylic acids is 1. The predicted octanol–water partition coefficient (Wildman–Crippen LogP) is 6.30. The van der Waals surface area contributed by atoms with Gasteiger partial charge in [-0.25, -0.2) is 13.8 Å². The van der Waals surface area contributed by atoms with E-state index in [9.17, 15) is 26.7 Å². The minimum absolute atomic E-state index is 0.0997. The van der Waals surface area contributed by atoms with Crippen molar-refractivity contribution in [2.24, 2.45) is 0 Å². The van der Waals surface area contributed by atoms with E-state index in [2.05, 4.69) is 28.1 Å². The Morgan fingerprint density at radius 1 is 1.06 bits per heavy atom. The molecule has 0 fully saturated rings. The average molecular weight is 483 g/mol. The second kappa shape index (κ2) is 8.36. The zero-order valence-electron chi connectivity index (χ0n) is 15.6. The number of halogens is 5. The minimum Gasteiger partial charge on any atom is -0.349 e. The van der Waals surface area contributed by atoms with E-state index >= 15 is 0 Å². The first-order chi connectivity index (χ1) is 15.1. The zero-order valence-corrected chi connectivity index (χ0v) is 17.3. The molecule has 12 heteroatoms. The largest absolute Gasteiger partial charge is 0.416 e. The van der Waals surface area contributed by atoms with E-state index in [1.165, 1.54) is 18.2 Å². The lowest BCUT2D eigenvalue weighted by Gasteiger charge is -2.08. The van der Waals surface area contributed by atoms with Crippen LogP contribution in [0.4, 0.5) is 27.1 Å². The third-order valence-corrected chi connectivity index (χ3v) is 5.46. The van der Waals surface area contributed by atoms with Gasteiger partial charge < -0.3 is 4.52 Å². The fourth-order valence-corrected chi connectivity index (χ4v) is 3.96. The van der Waals surface area contributed by atoms with Crippen molar-refractivity contribution in [1.82, 2.24) is 10.1 Å². The van der Waals surface area contributed by atoms with Crippen molar-refractivity contribution in [3.05, 3.63) is 71.3 Å². The smallest absolute Gasteiger partial charge is 0.349 e. The summed E-state index contributed by atoms with van der Waals surface area (Å²) in [5, 5.41) is 6.06. The van der Waals surface area contributed by atoms with Crippen molar-refractivity contribution in [2.75, 3.05) is 5.32 Å². The molecule has 2 aromatic carbocycles. The lowest BCUT2D eigenvalue weighted by atomic mass is 10.1. The van der Waals surface area contributed by atoms with Crippen LogP contribution in [0.5, 0.6) is 0 Å². The molecule has 0 aliphatic heterocycles. The Hall–Kier alpha value is -3.25. The summed E-state index contributed by atoms with van der Waals surface area (Å²) in [6.45, 7) is 0. The molecule has 0 bridgehead atoms. The Kier molecular flexibility index (Phi) is 5.73. The molecule has 0 aliphatic carbocycles. The van der Waals surface area contributed by atoms with Crippen LogP contribution < -0.4 is 5.32 Å². The number of thiol groups is 1. The number of alkyl halides is 3. The lowest BCUT2D eigenvalue weighted by Crippen LogP contribution is -2.15. The number of thiazole rings is 1. The fourth-order valence-electron chi connectivity index (χ4n) is 2.83. The molecule has 1 amide bonds. The molecule has 4 aromatic rings. The van der Waals surface area contributed by atoms with Crippen LogP contribution in [0.25, 0.3) is 21.8 Å². The first-order valence-electron chi connectivity index (χ1n) is 8.73. The highest BCUT2D eigenvalue weighted by molar-refractivity contribution is 7.80. The van der Waals surface area contributed by atoms with Gasteiger partial charge in [0.05, 0.1) is 10.4 Å². The van der Waals surface area contributed by atoms with Crippen LogP contribution >= 0.6 is 24.0 Å². The van der Waals surface area contributed by atoms with E-state index in [0.717, 1.165) is 41.7 Å². The maximum Gasteiger partial charge on any atom is 0.416 e. The Balaban J connectivity index is 1.78. The molecule has 0 aliphatic rings. The molecule has 0 atom stereocenters. The van der Waals surface area contributed by atoms with Crippen molar-refractivity contribution in [1.29, 1.82) is 0 Å². The summed E-state index contributed by atoms with van der Waals surface area (Å²) >= 11 is 4.82. The van der Waals surface area contributed by atoms with Gasteiger partial charge in [0, 0.05) is 6.07 Å². The molecular weight excluding hydrogens is 473 g/mol. The van der Waals surface area contributed by atoms with Crippen LogP contribution in [-0.4, -0.2) is 16.0 Å². The molecule has 32 heavy (non-hydrogen) atoms. The van der Waals surface area contributed by atoms with Crippen LogP contribution in [0.15, 0.2) is 58.1 Å². The summed E-state index contributed by atoms with van der Waals surface area (Å²) in [5.74, 6) is -3.26. The highest BCUT2D eigenvalue weighted by Crippen LogP contribution is 2.41. The number of carbonyl (C=O) groups is 1. The quantitative estimate of drug-likeness (QED) is 0.264. The predicted molar refractivity (Wildman–Crippen MR) is 110 cm³/mol. The van der Waals surface area contributed by atoms with Gasteiger partial charge in [0.25, 0.3) is 5.91 Å². The van der Waals surface area contributed by atoms with E-state index in [0.29, 0.717) is 0 Å². The number of hydrogen-bond acceptors (Lipinski definition) is 6. The van der Waals surface area contributed by atoms with Crippen molar-refractivity contribution < 1.29 is 31.3 Å². The van der Waals surface area contributed by atoms with Gasteiger partial charge in [0.1, 0.15) is 28.6 Å². The Labute approximate surface area is 186 Å². The highest BCUT2D eigenvalue weighted by Gasteiger charge is 2.31. The maximum absolute atomic E-state index is 13.9. The Morgan fingerprint density at radius 3 is 2.38 bits per heavy atom. The van der Waals surface area contributed by atoms with E-state index in [4.69, 9.17) is 4.52 Å². The summed E-state index contributed by atoms with van der Waals surface area (Å²) < 4.78 is 72.3. The van der Waals surface area contributed by atoms with Gasteiger partial charge in [-0.15, -0.1) is 12.6 Å². The van der Waals surface area contributed by atoms with Crippen molar-refractivity contribution >= 4 is 35.0 Å². The van der Waals surface area contributed by atoms with Gasteiger partial charge in [-0.05, 0) is 29.8 Å². The molecule has 1 N–H and O–H groups in total. The van der Waals surface area contributed by atoms with E-state index in [-0.39, 0.29) is 32.1 Å². The number of hydrogen-bond donors (Lipinski definition) is 2. The number of anilines is 1. The molecule has 0 spiro atoms. The molecule has 0 unspecified atom stereocenters. The van der Waals surface area contributed by atoms with Crippen LogP contribution in [-0.2, 0) is 6.18 Å². The topological polar surface area (TPSA) is 68.0 Å². The Bertz CT molecular complexity index is 1300. The third-order valence-electron chi connectivity index (χ3n) is 4.23.